The highest BCUT2D eigenvalue weighted by Crippen LogP contribution is 2.20. The summed E-state index contributed by atoms with van der Waals surface area (Å²) >= 11 is 6.69. The summed E-state index contributed by atoms with van der Waals surface area (Å²) in [7, 11) is 0. The SMILES string of the molecule is CC(=O)SCC#Cc1cc(Cl)c(C(=O)O)cc1F. The van der Waals surface area contributed by atoms with Crippen molar-refractivity contribution in [3.63, 3.8) is 0 Å². The maximum Gasteiger partial charge on any atom is 0.337 e. The van der Waals surface area contributed by atoms with Gasteiger partial charge in [-0.2, -0.15) is 0 Å². The second kappa shape index (κ2) is 6.43. The Labute approximate surface area is 112 Å². The number of halogens is 2. The molecule has 1 aromatic carbocycles. The Morgan fingerprint density at radius 1 is 1.50 bits per heavy atom. The molecule has 0 unspecified atom stereocenters. The van der Waals surface area contributed by atoms with Gasteiger partial charge in [-0.1, -0.05) is 35.2 Å². The fourth-order valence-corrected chi connectivity index (χ4v) is 1.67. The van der Waals surface area contributed by atoms with Gasteiger partial charge < -0.3 is 5.11 Å². The zero-order chi connectivity index (χ0) is 13.7. The average molecular weight is 287 g/mol. The summed E-state index contributed by atoms with van der Waals surface area (Å²) in [5.74, 6) is 3.29. The lowest BCUT2D eigenvalue weighted by atomic mass is 10.1. The maximum absolute atomic E-state index is 13.5. The van der Waals surface area contributed by atoms with Crippen molar-refractivity contribution in [3.8, 4) is 11.8 Å². The molecule has 0 aromatic heterocycles. The van der Waals surface area contributed by atoms with Crippen LogP contribution >= 0.6 is 23.4 Å². The third-order valence-corrected chi connectivity index (χ3v) is 2.87. The first-order valence-corrected chi connectivity index (χ1v) is 6.12. The predicted molar refractivity (Wildman–Crippen MR) is 68.4 cm³/mol. The predicted octanol–water partition coefficient (Wildman–Crippen LogP) is 2.81. The molecule has 6 heteroatoms. The van der Waals surface area contributed by atoms with Crippen molar-refractivity contribution in [3.05, 3.63) is 34.1 Å². The molecule has 94 valence electrons. The molecule has 0 atom stereocenters. The molecule has 0 aliphatic rings. The molecule has 0 heterocycles. The lowest BCUT2D eigenvalue weighted by molar-refractivity contribution is -0.109. The van der Waals surface area contributed by atoms with Crippen LogP contribution in [0.5, 0.6) is 0 Å². The second-order valence-electron chi connectivity index (χ2n) is 3.20. The van der Waals surface area contributed by atoms with E-state index in [0.717, 1.165) is 23.9 Å². The van der Waals surface area contributed by atoms with Crippen LogP contribution in [-0.4, -0.2) is 21.9 Å². The molecule has 0 spiro atoms. The van der Waals surface area contributed by atoms with Crippen molar-refractivity contribution in [2.45, 2.75) is 6.92 Å². The minimum absolute atomic E-state index is 0.00847. The Balaban J connectivity index is 2.94. The van der Waals surface area contributed by atoms with Crippen LogP contribution in [0.25, 0.3) is 0 Å². The summed E-state index contributed by atoms with van der Waals surface area (Å²) in [6.45, 7) is 1.41. The van der Waals surface area contributed by atoms with E-state index in [-0.39, 0.29) is 27.0 Å². The quantitative estimate of drug-likeness (QED) is 0.850. The number of hydrogen-bond acceptors (Lipinski definition) is 3. The standard InChI is InChI=1S/C12H8ClFO3S/c1-7(15)18-4-2-3-8-5-10(13)9(12(16)17)6-11(8)14/h5-6H,4H2,1H3,(H,16,17). The summed E-state index contributed by atoms with van der Waals surface area (Å²) in [6.07, 6.45) is 0. The van der Waals surface area contributed by atoms with Crippen molar-refractivity contribution in [1.29, 1.82) is 0 Å². The van der Waals surface area contributed by atoms with Gasteiger partial charge >= 0.3 is 5.97 Å². The van der Waals surface area contributed by atoms with Crippen molar-refractivity contribution in [2.24, 2.45) is 0 Å². The summed E-state index contributed by atoms with van der Waals surface area (Å²) in [4.78, 5) is 21.3. The van der Waals surface area contributed by atoms with Crippen molar-refractivity contribution in [1.82, 2.24) is 0 Å². The van der Waals surface area contributed by atoms with Crippen LogP contribution in [0.2, 0.25) is 5.02 Å². The molecule has 0 amide bonds. The molecule has 0 radical (unpaired) electrons. The van der Waals surface area contributed by atoms with Crippen LogP contribution in [0.15, 0.2) is 12.1 Å². The summed E-state index contributed by atoms with van der Waals surface area (Å²) in [5.41, 5.74) is -0.299. The van der Waals surface area contributed by atoms with Crippen LogP contribution < -0.4 is 0 Å². The topological polar surface area (TPSA) is 54.4 Å². The molecule has 18 heavy (non-hydrogen) atoms. The molecule has 0 fully saturated rings. The normalized spacial score (nSPS) is 9.50. The van der Waals surface area contributed by atoms with Gasteiger partial charge in [0, 0.05) is 6.92 Å². The molecular formula is C12H8ClFO3S. The van der Waals surface area contributed by atoms with Gasteiger partial charge in [0.15, 0.2) is 5.12 Å². The van der Waals surface area contributed by atoms with E-state index < -0.39 is 11.8 Å². The molecule has 1 aromatic rings. The van der Waals surface area contributed by atoms with Gasteiger partial charge in [-0.05, 0) is 12.1 Å². The fraction of sp³-hybridized carbons (Fsp3) is 0.167. The van der Waals surface area contributed by atoms with E-state index in [1.165, 1.54) is 6.92 Å². The number of aromatic carboxylic acids is 1. The summed E-state index contributed by atoms with van der Waals surface area (Å²) < 4.78 is 13.5. The first-order valence-electron chi connectivity index (χ1n) is 4.76. The number of benzene rings is 1. The van der Waals surface area contributed by atoms with Crippen LogP contribution in [0.1, 0.15) is 22.8 Å². The van der Waals surface area contributed by atoms with Crippen LogP contribution in [0.4, 0.5) is 4.39 Å². The Morgan fingerprint density at radius 2 is 2.17 bits per heavy atom. The highest BCUT2D eigenvalue weighted by atomic mass is 35.5. The van der Waals surface area contributed by atoms with Crippen molar-refractivity contribution < 1.29 is 19.1 Å². The molecular weight excluding hydrogens is 279 g/mol. The van der Waals surface area contributed by atoms with Gasteiger partial charge in [0.05, 0.1) is 21.9 Å². The first-order chi connectivity index (χ1) is 8.41. The van der Waals surface area contributed by atoms with Crippen LogP contribution in [0.3, 0.4) is 0 Å². The monoisotopic (exact) mass is 286 g/mol. The second-order valence-corrected chi connectivity index (χ2v) is 4.76. The third-order valence-electron chi connectivity index (χ3n) is 1.86. The van der Waals surface area contributed by atoms with Gasteiger partial charge in [0.1, 0.15) is 5.82 Å². The lowest BCUT2D eigenvalue weighted by Crippen LogP contribution is -1.99. The molecule has 0 aliphatic carbocycles. The molecule has 0 aliphatic heterocycles. The fourth-order valence-electron chi connectivity index (χ4n) is 1.08. The Bertz CT molecular complexity index is 560. The molecule has 3 nitrogen and oxygen atoms in total. The zero-order valence-electron chi connectivity index (χ0n) is 9.29. The van der Waals surface area contributed by atoms with Crippen LogP contribution in [0, 0.1) is 17.7 Å². The van der Waals surface area contributed by atoms with E-state index in [0.29, 0.717) is 0 Å². The number of carboxylic acid groups (broad SMARTS) is 1. The molecule has 1 N–H and O–H groups in total. The van der Waals surface area contributed by atoms with E-state index in [1.807, 2.05) is 0 Å². The Hall–Kier alpha value is -1.51. The van der Waals surface area contributed by atoms with Gasteiger partial charge in [0.25, 0.3) is 0 Å². The smallest absolute Gasteiger partial charge is 0.337 e. The zero-order valence-corrected chi connectivity index (χ0v) is 10.9. The highest BCUT2D eigenvalue weighted by molar-refractivity contribution is 8.13. The van der Waals surface area contributed by atoms with E-state index in [2.05, 4.69) is 11.8 Å². The maximum atomic E-state index is 13.5. The Morgan fingerprint density at radius 3 is 2.72 bits per heavy atom. The minimum atomic E-state index is -1.30. The van der Waals surface area contributed by atoms with E-state index in [1.54, 1.807) is 0 Å². The summed E-state index contributed by atoms with van der Waals surface area (Å²) in [6, 6.07) is 1.98. The number of rotatable bonds is 2. The van der Waals surface area contributed by atoms with Gasteiger partial charge in [0.2, 0.25) is 0 Å². The molecule has 0 saturated carbocycles. The highest BCUT2D eigenvalue weighted by Gasteiger charge is 2.12. The van der Waals surface area contributed by atoms with Crippen molar-refractivity contribution >= 4 is 34.4 Å². The molecule has 0 bridgehead atoms. The van der Waals surface area contributed by atoms with E-state index in [4.69, 9.17) is 16.7 Å². The number of hydrogen-bond donors (Lipinski definition) is 1. The van der Waals surface area contributed by atoms with E-state index in [9.17, 15) is 14.0 Å². The minimum Gasteiger partial charge on any atom is -0.478 e. The molecule has 0 saturated heterocycles. The number of carbonyl (C=O) groups excluding carboxylic acids is 1. The van der Waals surface area contributed by atoms with Gasteiger partial charge in [-0.3, -0.25) is 4.79 Å². The number of thioether (sulfide) groups is 1. The number of carboxylic acids is 1. The number of carbonyl (C=O) groups is 2. The Kier molecular flexibility index (Phi) is 5.20. The third kappa shape index (κ3) is 4.06. The first kappa shape index (κ1) is 14.6. The largest absolute Gasteiger partial charge is 0.478 e. The summed E-state index contributed by atoms with van der Waals surface area (Å²) in [5, 5.41) is 8.57. The average Bonchev–Trinajstić information content (AvgIpc) is 2.27. The molecule has 1 rings (SSSR count). The lowest BCUT2D eigenvalue weighted by Gasteiger charge is -2.00. The van der Waals surface area contributed by atoms with Gasteiger partial charge in [-0.15, -0.1) is 0 Å². The van der Waals surface area contributed by atoms with Crippen LogP contribution in [-0.2, 0) is 4.79 Å². The van der Waals surface area contributed by atoms with Crippen molar-refractivity contribution in [2.75, 3.05) is 5.75 Å². The van der Waals surface area contributed by atoms with E-state index >= 15 is 0 Å². The van der Waals surface area contributed by atoms with Gasteiger partial charge in [-0.25, -0.2) is 9.18 Å².